The zero-order chi connectivity index (χ0) is 32.3. The number of alkyl halides is 6. The third-order valence-corrected chi connectivity index (χ3v) is 9.02. The third kappa shape index (κ3) is 7.57. The zero-order valence-electron chi connectivity index (χ0n) is 21.8. The number of carboxylic acids is 1. The van der Waals surface area contributed by atoms with Crippen LogP contribution in [0.3, 0.4) is 0 Å². The number of hydrogen-bond acceptors (Lipinski definition) is 10. The van der Waals surface area contributed by atoms with Gasteiger partial charge in [0.05, 0.1) is 36.4 Å². The second-order valence-corrected chi connectivity index (χ2v) is 11.6. The summed E-state index contributed by atoms with van der Waals surface area (Å²) in [4.78, 5) is 18.8. The Kier molecular flexibility index (Phi) is 10.0. The van der Waals surface area contributed by atoms with Crippen LogP contribution in [-0.2, 0) is 22.4 Å². The fraction of sp³-hybridized carbons (Fsp3) is 0.304. The molecule has 0 unspecified atom stereocenters. The van der Waals surface area contributed by atoms with Crippen LogP contribution in [0, 0.1) is 6.92 Å². The van der Waals surface area contributed by atoms with Crippen molar-refractivity contribution in [2.24, 2.45) is 0 Å². The molecule has 12 nitrogen and oxygen atoms in total. The molecule has 0 bridgehead atoms. The molecule has 0 amide bonds. The number of rotatable bonds is 8. The summed E-state index contributed by atoms with van der Waals surface area (Å²) >= 11 is 0.875. The summed E-state index contributed by atoms with van der Waals surface area (Å²) in [6.07, 6.45) is -8.77. The fourth-order valence-corrected chi connectivity index (χ4v) is 6.48. The standard InChI is InChI=1S/C15H7F6N3O2.C8H15N3O4S2/c16-14(17,18)8-3-1-7(2-4-8)10-5-11(15(19,20)21)24-12(23-10)9(6-22-24)13(25)26;1-6-7(16-8(9)10-6)17(14,15)11(2-4-12)3-5-13/h1-6H,(H,25,26);12-13H,2-5H2,1H3,(H2,9,10). The van der Waals surface area contributed by atoms with Gasteiger partial charge in [-0.3, -0.25) is 0 Å². The first-order valence-electron chi connectivity index (χ1n) is 11.7. The minimum atomic E-state index is -4.89. The number of carboxylic acid groups (broad SMARTS) is 1. The van der Waals surface area contributed by atoms with Crippen molar-refractivity contribution in [2.75, 3.05) is 32.0 Å². The number of hydrogen-bond donors (Lipinski definition) is 4. The van der Waals surface area contributed by atoms with E-state index in [0.717, 1.165) is 34.0 Å². The van der Waals surface area contributed by atoms with E-state index in [1.807, 2.05) is 0 Å². The van der Waals surface area contributed by atoms with Gasteiger partial charge in [0.25, 0.3) is 10.0 Å². The van der Waals surface area contributed by atoms with E-state index in [2.05, 4.69) is 15.1 Å². The number of aliphatic hydroxyl groups excluding tert-OH is 2. The van der Waals surface area contributed by atoms with E-state index in [1.54, 1.807) is 6.92 Å². The molecule has 1 aromatic carbocycles. The lowest BCUT2D eigenvalue weighted by atomic mass is 10.1. The van der Waals surface area contributed by atoms with Crippen molar-refractivity contribution in [1.82, 2.24) is 23.9 Å². The second-order valence-electron chi connectivity index (χ2n) is 8.47. The van der Waals surface area contributed by atoms with Crippen molar-refractivity contribution in [1.29, 1.82) is 0 Å². The van der Waals surface area contributed by atoms with Crippen molar-refractivity contribution >= 4 is 38.1 Å². The van der Waals surface area contributed by atoms with Crippen molar-refractivity contribution in [3.8, 4) is 11.3 Å². The average molecular weight is 657 g/mol. The van der Waals surface area contributed by atoms with E-state index in [9.17, 15) is 39.6 Å². The average Bonchev–Trinajstić information content (AvgIpc) is 3.50. The van der Waals surface area contributed by atoms with Gasteiger partial charge >= 0.3 is 18.3 Å². The highest BCUT2D eigenvalue weighted by molar-refractivity contribution is 7.91. The van der Waals surface area contributed by atoms with Crippen LogP contribution < -0.4 is 5.73 Å². The van der Waals surface area contributed by atoms with Gasteiger partial charge in [0, 0.05) is 18.7 Å². The lowest BCUT2D eigenvalue weighted by molar-refractivity contribution is -0.142. The van der Waals surface area contributed by atoms with E-state index in [-0.39, 0.29) is 46.9 Å². The van der Waals surface area contributed by atoms with Crippen LogP contribution in [0.1, 0.15) is 27.3 Å². The molecule has 5 N–H and O–H groups in total. The Morgan fingerprint density at radius 3 is 2.05 bits per heavy atom. The number of aromatic nitrogens is 4. The highest BCUT2D eigenvalue weighted by atomic mass is 32.2. The van der Waals surface area contributed by atoms with Crippen molar-refractivity contribution < 1.29 is 54.9 Å². The SMILES string of the molecule is Cc1nc(N)sc1S(=O)(=O)N(CCO)CCO.O=C(O)c1cnn2c(C(F)(F)F)cc(-c3ccc(C(F)(F)F)cc3)nc12. The molecule has 0 spiro atoms. The summed E-state index contributed by atoms with van der Waals surface area (Å²) in [5.41, 5.74) is 2.00. The van der Waals surface area contributed by atoms with Crippen LogP contribution in [-0.4, -0.2) is 79.9 Å². The first kappa shape index (κ1) is 33.6. The van der Waals surface area contributed by atoms with Gasteiger partial charge in [-0.05, 0) is 25.1 Å². The number of aliphatic hydroxyl groups is 2. The molecule has 234 valence electrons. The number of carbonyl (C=O) groups is 1. The molecule has 0 saturated carbocycles. The van der Waals surface area contributed by atoms with E-state index in [1.165, 1.54) is 0 Å². The van der Waals surface area contributed by atoms with Crippen LogP contribution in [0.4, 0.5) is 31.5 Å². The predicted octanol–water partition coefficient (Wildman–Crippen LogP) is 3.14. The second kappa shape index (κ2) is 12.8. The van der Waals surface area contributed by atoms with Gasteiger partial charge in [0.15, 0.2) is 20.7 Å². The largest absolute Gasteiger partial charge is 0.477 e. The van der Waals surface area contributed by atoms with Crippen molar-refractivity contribution in [3.63, 3.8) is 0 Å². The molecular formula is C23H22F6N6O6S2. The number of anilines is 1. The number of aryl methyl sites for hydroxylation is 1. The molecule has 3 aromatic heterocycles. The molecule has 0 atom stereocenters. The number of thiazole rings is 1. The molecule has 43 heavy (non-hydrogen) atoms. The normalized spacial score (nSPS) is 12.4. The topological polar surface area (TPSA) is 184 Å². The van der Waals surface area contributed by atoms with E-state index < -0.39 is 50.8 Å². The Hall–Kier alpha value is -3.85. The van der Waals surface area contributed by atoms with Crippen LogP contribution in [0.25, 0.3) is 16.9 Å². The van der Waals surface area contributed by atoms with Crippen LogP contribution in [0.2, 0.25) is 0 Å². The summed E-state index contributed by atoms with van der Waals surface area (Å²) in [5.74, 6) is -1.54. The Morgan fingerprint density at radius 2 is 1.60 bits per heavy atom. The number of sulfonamides is 1. The minimum Gasteiger partial charge on any atom is -0.477 e. The van der Waals surface area contributed by atoms with Gasteiger partial charge in [-0.15, -0.1) is 0 Å². The molecule has 3 heterocycles. The number of fused-ring (bicyclic) bond motifs is 1. The Bertz CT molecular complexity index is 1700. The van der Waals surface area contributed by atoms with Gasteiger partial charge in [-0.1, -0.05) is 23.5 Å². The molecule has 0 saturated heterocycles. The Morgan fingerprint density at radius 1 is 1.02 bits per heavy atom. The minimum absolute atomic E-state index is 0.0384. The summed E-state index contributed by atoms with van der Waals surface area (Å²) < 4.78 is 103. The van der Waals surface area contributed by atoms with Gasteiger partial charge in [-0.2, -0.15) is 35.7 Å². The summed E-state index contributed by atoms with van der Waals surface area (Å²) in [6, 6.07) is 3.90. The highest BCUT2D eigenvalue weighted by Gasteiger charge is 2.36. The summed E-state index contributed by atoms with van der Waals surface area (Å²) in [6.45, 7) is 0.787. The fourth-order valence-electron chi connectivity index (χ4n) is 3.63. The maximum absolute atomic E-state index is 13.3. The number of aromatic carboxylic acids is 1. The van der Waals surface area contributed by atoms with Gasteiger partial charge in [-0.25, -0.2) is 27.7 Å². The molecule has 0 aliphatic rings. The Labute approximate surface area is 242 Å². The first-order valence-corrected chi connectivity index (χ1v) is 14.0. The molecule has 0 aliphatic carbocycles. The molecule has 0 aliphatic heterocycles. The molecule has 4 rings (SSSR count). The van der Waals surface area contributed by atoms with Crippen LogP contribution in [0.15, 0.2) is 40.7 Å². The van der Waals surface area contributed by atoms with E-state index in [0.29, 0.717) is 28.4 Å². The van der Waals surface area contributed by atoms with Gasteiger partial charge in [0.2, 0.25) is 0 Å². The molecule has 0 fully saturated rings. The first-order chi connectivity index (χ1) is 19.9. The maximum Gasteiger partial charge on any atom is 0.433 e. The monoisotopic (exact) mass is 656 g/mol. The maximum atomic E-state index is 13.3. The zero-order valence-corrected chi connectivity index (χ0v) is 23.4. The predicted molar refractivity (Wildman–Crippen MR) is 140 cm³/mol. The highest BCUT2D eigenvalue weighted by Crippen LogP contribution is 2.34. The Balaban J connectivity index is 0.000000259. The number of nitrogen functional groups attached to an aromatic ring is 1. The quantitative estimate of drug-likeness (QED) is 0.206. The number of benzene rings is 1. The number of halogens is 6. The van der Waals surface area contributed by atoms with E-state index in [4.69, 9.17) is 21.1 Å². The lowest BCUT2D eigenvalue weighted by Gasteiger charge is -2.19. The van der Waals surface area contributed by atoms with Crippen LogP contribution >= 0.6 is 11.3 Å². The molecule has 0 radical (unpaired) electrons. The third-order valence-electron chi connectivity index (χ3n) is 5.54. The number of nitrogens with zero attached hydrogens (tertiary/aromatic N) is 5. The van der Waals surface area contributed by atoms with Crippen molar-refractivity contribution in [3.05, 3.63) is 59.0 Å². The molecule has 4 aromatic rings. The number of nitrogens with two attached hydrogens (primary N) is 1. The molecule has 20 heteroatoms. The van der Waals surface area contributed by atoms with E-state index >= 15 is 0 Å². The smallest absolute Gasteiger partial charge is 0.433 e. The van der Waals surface area contributed by atoms with Crippen LogP contribution in [0.5, 0.6) is 0 Å². The lowest BCUT2D eigenvalue weighted by Crippen LogP contribution is -2.35. The van der Waals surface area contributed by atoms with Gasteiger partial charge < -0.3 is 21.1 Å². The summed E-state index contributed by atoms with van der Waals surface area (Å²) in [5, 5.41) is 30.3. The summed E-state index contributed by atoms with van der Waals surface area (Å²) in [7, 11) is -3.75. The van der Waals surface area contributed by atoms with Crippen molar-refractivity contribution in [2.45, 2.75) is 23.5 Å². The van der Waals surface area contributed by atoms with Gasteiger partial charge in [0.1, 0.15) is 5.56 Å². The molecular weight excluding hydrogens is 634 g/mol.